The maximum absolute atomic E-state index is 12.5. The van der Waals surface area contributed by atoms with Crippen molar-refractivity contribution >= 4 is 17.8 Å². The zero-order valence-corrected chi connectivity index (χ0v) is 13.5. The minimum absolute atomic E-state index is 0.0146. The van der Waals surface area contributed by atoms with Crippen molar-refractivity contribution in [1.29, 1.82) is 0 Å². The lowest BCUT2D eigenvalue weighted by atomic mass is 9.85. The second-order valence-electron chi connectivity index (χ2n) is 6.77. The van der Waals surface area contributed by atoms with Crippen molar-refractivity contribution in [1.82, 2.24) is 10.2 Å². The van der Waals surface area contributed by atoms with Crippen LogP contribution in [0.5, 0.6) is 0 Å². The zero-order chi connectivity index (χ0) is 16.6. The number of carbonyl (C=O) groups excluding carboxylic acids is 2. The molecule has 3 rings (SSSR count). The third kappa shape index (κ3) is 2.90. The number of likely N-dealkylation sites (tertiary alicyclic amines) is 1. The van der Waals surface area contributed by atoms with E-state index >= 15 is 0 Å². The number of amides is 2. The molecule has 6 nitrogen and oxygen atoms in total. The molecule has 2 fully saturated rings. The smallest absolute Gasteiger partial charge is 0.233 e. The number of rotatable bonds is 6. The van der Waals surface area contributed by atoms with Crippen LogP contribution in [0.1, 0.15) is 19.8 Å². The Morgan fingerprint density at radius 2 is 1.96 bits per heavy atom. The summed E-state index contributed by atoms with van der Waals surface area (Å²) in [4.78, 5) is 30.5. The maximum Gasteiger partial charge on any atom is 0.233 e. The average molecular weight is 316 g/mol. The second kappa shape index (κ2) is 6.18. The summed E-state index contributed by atoms with van der Waals surface area (Å²) in [6.45, 7) is 7.19. The Hall–Kier alpha value is -2.11. The van der Waals surface area contributed by atoms with E-state index in [9.17, 15) is 9.59 Å². The second-order valence-corrected chi connectivity index (χ2v) is 6.77. The SMILES string of the molecule is C=C(C)CN=C(N)NCCCN1C(=O)C2C3C=CC(C3)C2C1=O. The van der Waals surface area contributed by atoms with Gasteiger partial charge in [0.1, 0.15) is 0 Å². The lowest BCUT2D eigenvalue weighted by molar-refractivity contribution is -0.140. The summed E-state index contributed by atoms with van der Waals surface area (Å²) in [5, 5.41) is 3.00. The minimum Gasteiger partial charge on any atom is -0.370 e. The molecule has 0 aromatic carbocycles. The molecule has 0 aromatic rings. The van der Waals surface area contributed by atoms with Crippen LogP contribution in [0.4, 0.5) is 0 Å². The Morgan fingerprint density at radius 3 is 2.52 bits per heavy atom. The van der Waals surface area contributed by atoms with Gasteiger partial charge < -0.3 is 11.1 Å². The Balaban J connectivity index is 1.47. The normalized spacial score (nSPS) is 31.9. The first-order valence-corrected chi connectivity index (χ1v) is 8.20. The highest BCUT2D eigenvalue weighted by Gasteiger charge is 2.58. The molecule has 3 N–H and O–H groups in total. The summed E-state index contributed by atoms with van der Waals surface area (Å²) in [5.74, 6) is 0.733. The van der Waals surface area contributed by atoms with Crippen LogP contribution < -0.4 is 11.1 Å². The van der Waals surface area contributed by atoms with E-state index in [0.717, 1.165) is 12.0 Å². The molecule has 2 aliphatic carbocycles. The van der Waals surface area contributed by atoms with Crippen LogP contribution in [-0.2, 0) is 9.59 Å². The Kier molecular flexibility index (Phi) is 4.24. The number of imide groups is 1. The van der Waals surface area contributed by atoms with Crippen molar-refractivity contribution in [2.45, 2.75) is 19.8 Å². The molecule has 2 amide bonds. The van der Waals surface area contributed by atoms with Crippen molar-refractivity contribution in [3.05, 3.63) is 24.3 Å². The summed E-state index contributed by atoms with van der Waals surface area (Å²) in [5.41, 5.74) is 6.67. The van der Waals surface area contributed by atoms with Crippen LogP contribution in [0.15, 0.2) is 29.3 Å². The highest BCUT2D eigenvalue weighted by atomic mass is 16.2. The predicted molar refractivity (Wildman–Crippen MR) is 88.4 cm³/mol. The van der Waals surface area contributed by atoms with E-state index < -0.39 is 0 Å². The van der Waals surface area contributed by atoms with Gasteiger partial charge in [0, 0.05) is 13.1 Å². The topological polar surface area (TPSA) is 87.8 Å². The van der Waals surface area contributed by atoms with E-state index in [2.05, 4.69) is 29.0 Å². The summed E-state index contributed by atoms with van der Waals surface area (Å²) >= 11 is 0. The molecule has 23 heavy (non-hydrogen) atoms. The summed E-state index contributed by atoms with van der Waals surface area (Å²) < 4.78 is 0. The molecule has 2 bridgehead atoms. The first-order valence-electron chi connectivity index (χ1n) is 8.20. The minimum atomic E-state index is -0.104. The lowest BCUT2D eigenvalue weighted by Crippen LogP contribution is -2.37. The van der Waals surface area contributed by atoms with Gasteiger partial charge in [-0.05, 0) is 31.6 Å². The summed E-state index contributed by atoms with van der Waals surface area (Å²) in [6, 6.07) is 0. The predicted octanol–water partition coefficient (Wildman–Crippen LogP) is 0.664. The van der Waals surface area contributed by atoms with E-state index in [-0.39, 0.29) is 35.5 Å². The molecule has 0 aromatic heterocycles. The summed E-state index contributed by atoms with van der Waals surface area (Å²) in [6.07, 6.45) is 5.86. The van der Waals surface area contributed by atoms with Gasteiger partial charge >= 0.3 is 0 Å². The number of hydrogen-bond acceptors (Lipinski definition) is 3. The van der Waals surface area contributed by atoms with Crippen LogP contribution in [0.3, 0.4) is 0 Å². The van der Waals surface area contributed by atoms with Gasteiger partial charge in [0.15, 0.2) is 5.96 Å². The number of guanidine groups is 1. The highest BCUT2D eigenvalue weighted by molar-refractivity contribution is 6.06. The quantitative estimate of drug-likeness (QED) is 0.248. The molecule has 124 valence electrons. The number of allylic oxidation sites excluding steroid dienone is 2. The van der Waals surface area contributed by atoms with Crippen molar-refractivity contribution < 1.29 is 9.59 Å². The number of nitrogens with one attached hydrogen (secondary N) is 1. The first-order chi connectivity index (χ1) is 11.0. The standard InChI is InChI=1S/C17H24N4O2/c1-10(2)9-20-17(18)19-6-3-7-21-15(22)13-11-4-5-12(8-11)14(13)16(21)23/h4-5,11-14H,1,3,6-9H2,2H3,(H3,18,19,20). The molecule has 1 heterocycles. The van der Waals surface area contributed by atoms with Crippen molar-refractivity contribution in [3.63, 3.8) is 0 Å². The van der Waals surface area contributed by atoms with Gasteiger partial charge in [0.25, 0.3) is 0 Å². The van der Waals surface area contributed by atoms with Crippen LogP contribution in [0.2, 0.25) is 0 Å². The highest BCUT2D eigenvalue weighted by Crippen LogP contribution is 2.52. The molecular weight excluding hydrogens is 292 g/mol. The van der Waals surface area contributed by atoms with Gasteiger partial charge in [-0.1, -0.05) is 24.3 Å². The van der Waals surface area contributed by atoms with Crippen LogP contribution in [0, 0.1) is 23.7 Å². The van der Waals surface area contributed by atoms with Crippen LogP contribution >= 0.6 is 0 Å². The largest absolute Gasteiger partial charge is 0.370 e. The third-order valence-corrected chi connectivity index (χ3v) is 4.95. The lowest BCUT2D eigenvalue weighted by Gasteiger charge is -2.17. The number of nitrogens with two attached hydrogens (primary N) is 1. The zero-order valence-electron chi connectivity index (χ0n) is 13.5. The number of nitrogens with zero attached hydrogens (tertiary/aromatic N) is 2. The number of carbonyl (C=O) groups is 2. The van der Waals surface area contributed by atoms with Crippen molar-refractivity contribution in [3.8, 4) is 0 Å². The number of aliphatic imine (C=N–C) groups is 1. The summed E-state index contributed by atoms with van der Waals surface area (Å²) in [7, 11) is 0. The number of fused-ring (bicyclic) bond motifs is 5. The van der Waals surface area contributed by atoms with Crippen molar-refractivity contribution in [2.24, 2.45) is 34.4 Å². The molecule has 4 unspecified atom stereocenters. The van der Waals surface area contributed by atoms with E-state index in [1.807, 2.05) is 6.92 Å². The van der Waals surface area contributed by atoms with Gasteiger partial charge in [-0.2, -0.15) is 0 Å². The van der Waals surface area contributed by atoms with E-state index in [4.69, 9.17) is 5.73 Å². The molecule has 1 saturated heterocycles. The van der Waals surface area contributed by atoms with Gasteiger partial charge in [0.05, 0.1) is 18.4 Å². The Bertz CT molecular complexity index is 565. The molecule has 3 aliphatic rings. The number of hydrogen-bond donors (Lipinski definition) is 2. The van der Waals surface area contributed by atoms with Crippen molar-refractivity contribution in [2.75, 3.05) is 19.6 Å². The first kappa shape index (κ1) is 15.8. The molecule has 0 radical (unpaired) electrons. The molecule has 4 atom stereocenters. The molecular formula is C17H24N4O2. The fourth-order valence-corrected chi connectivity index (χ4v) is 3.91. The van der Waals surface area contributed by atoms with E-state index in [0.29, 0.717) is 32.0 Å². The maximum atomic E-state index is 12.5. The molecule has 1 aliphatic heterocycles. The Morgan fingerprint density at radius 1 is 1.35 bits per heavy atom. The fraction of sp³-hybridized carbons (Fsp3) is 0.588. The van der Waals surface area contributed by atoms with Gasteiger partial charge in [-0.3, -0.25) is 14.5 Å². The average Bonchev–Trinajstić information content (AvgIpc) is 3.17. The van der Waals surface area contributed by atoms with Gasteiger partial charge in [-0.15, -0.1) is 0 Å². The Labute approximate surface area is 136 Å². The van der Waals surface area contributed by atoms with Crippen LogP contribution in [0.25, 0.3) is 0 Å². The molecule has 0 spiro atoms. The molecule has 1 saturated carbocycles. The monoisotopic (exact) mass is 316 g/mol. The third-order valence-electron chi connectivity index (χ3n) is 4.95. The molecule has 6 heteroatoms. The fourth-order valence-electron chi connectivity index (χ4n) is 3.91. The van der Waals surface area contributed by atoms with E-state index in [1.165, 1.54) is 4.90 Å². The van der Waals surface area contributed by atoms with Crippen LogP contribution in [-0.4, -0.2) is 42.3 Å². The van der Waals surface area contributed by atoms with E-state index in [1.54, 1.807) is 0 Å². The van der Waals surface area contributed by atoms with Gasteiger partial charge in [-0.25, -0.2) is 4.99 Å². The van der Waals surface area contributed by atoms with Gasteiger partial charge in [0.2, 0.25) is 11.8 Å².